The zero-order valence-electron chi connectivity index (χ0n) is 16.5. The predicted molar refractivity (Wildman–Crippen MR) is 129 cm³/mol. The Morgan fingerprint density at radius 3 is 2.16 bits per heavy atom. The summed E-state index contributed by atoms with van der Waals surface area (Å²) in [6.45, 7) is 0. The van der Waals surface area contributed by atoms with Gasteiger partial charge < -0.3 is 0 Å². The van der Waals surface area contributed by atoms with Gasteiger partial charge in [-0.3, -0.25) is 0 Å². The van der Waals surface area contributed by atoms with Gasteiger partial charge in [0, 0.05) is 16.2 Å². The van der Waals surface area contributed by atoms with Crippen molar-refractivity contribution in [2.45, 2.75) is 0 Å². The predicted octanol–water partition coefficient (Wildman–Crippen LogP) is 7.09. The molecule has 0 saturated heterocycles. The molecular formula is C28H15N3. The summed E-state index contributed by atoms with van der Waals surface area (Å²) in [5, 5.41) is 14.8. The smallest absolute Gasteiger partial charge is 0.102 e. The highest BCUT2D eigenvalue weighted by atomic mass is 15.2. The molecule has 0 spiro atoms. The minimum atomic E-state index is 0.985. The second-order valence-corrected chi connectivity index (χ2v) is 8.36. The molecule has 0 unspecified atom stereocenters. The molecule has 0 aliphatic rings. The van der Waals surface area contributed by atoms with E-state index >= 15 is 0 Å². The highest BCUT2D eigenvalue weighted by Crippen LogP contribution is 2.37. The van der Waals surface area contributed by atoms with Crippen molar-refractivity contribution in [1.29, 1.82) is 0 Å². The molecule has 0 N–H and O–H groups in total. The first-order valence-corrected chi connectivity index (χ1v) is 10.5. The van der Waals surface area contributed by atoms with Gasteiger partial charge in [-0.05, 0) is 57.3 Å². The molecular weight excluding hydrogens is 378 g/mol. The number of fused-ring (bicyclic) bond motifs is 7. The van der Waals surface area contributed by atoms with Crippen LogP contribution in [0.1, 0.15) is 0 Å². The molecule has 142 valence electrons. The molecule has 0 saturated carbocycles. The molecule has 8 aromatic rings. The summed E-state index contributed by atoms with van der Waals surface area (Å²) in [4.78, 5) is 5.16. The minimum Gasteiger partial charge on any atom is -0.244 e. The lowest BCUT2D eigenvalue weighted by atomic mass is 10.0. The van der Waals surface area contributed by atoms with Gasteiger partial charge in [-0.25, -0.2) is 9.50 Å². The monoisotopic (exact) mass is 393 g/mol. The summed E-state index contributed by atoms with van der Waals surface area (Å²) >= 11 is 0. The third kappa shape index (κ3) is 1.89. The van der Waals surface area contributed by atoms with Gasteiger partial charge in [0.25, 0.3) is 0 Å². The Kier molecular flexibility index (Phi) is 2.65. The van der Waals surface area contributed by atoms with Gasteiger partial charge in [0.05, 0.1) is 16.6 Å². The van der Waals surface area contributed by atoms with Crippen LogP contribution in [0, 0.1) is 0 Å². The lowest BCUT2D eigenvalue weighted by molar-refractivity contribution is 1.03. The molecule has 0 fully saturated rings. The fourth-order valence-electron chi connectivity index (χ4n) is 5.23. The lowest BCUT2D eigenvalue weighted by Crippen LogP contribution is -1.95. The van der Waals surface area contributed by atoms with Crippen molar-refractivity contribution in [2.24, 2.45) is 0 Å². The Labute approximate surface area is 176 Å². The van der Waals surface area contributed by atoms with E-state index in [9.17, 15) is 0 Å². The van der Waals surface area contributed by atoms with E-state index in [2.05, 4.69) is 95.5 Å². The topological polar surface area (TPSA) is 30.2 Å². The highest BCUT2D eigenvalue weighted by molar-refractivity contribution is 6.24. The average Bonchev–Trinajstić information content (AvgIpc) is 3.23. The van der Waals surface area contributed by atoms with Gasteiger partial charge in [0.15, 0.2) is 0 Å². The number of benzene rings is 6. The fourth-order valence-corrected chi connectivity index (χ4v) is 5.23. The van der Waals surface area contributed by atoms with Crippen LogP contribution < -0.4 is 0 Å². The number of nitrogens with zero attached hydrogens (tertiary/aromatic N) is 3. The van der Waals surface area contributed by atoms with Crippen LogP contribution >= 0.6 is 0 Å². The number of hydrogen-bond acceptors (Lipinski definition) is 2. The average molecular weight is 393 g/mol. The molecule has 31 heavy (non-hydrogen) atoms. The molecule has 3 heteroatoms. The van der Waals surface area contributed by atoms with E-state index in [4.69, 9.17) is 10.1 Å². The summed E-state index contributed by atoms with van der Waals surface area (Å²) in [6, 6.07) is 32.4. The maximum atomic E-state index is 5.16. The Hall–Kier alpha value is -4.24. The van der Waals surface area contributed by atoms with Crippen molar-refractivity contribution in [1.82, 2.24) is 14.6 Å². The van der Waals surface area contributed by atoms with Gasteiger partial charge in [0.1, 0.15) is 11.0 Å². The van der Waals surface area contributed by atoms with E-state index in [0.717, 1.165) is 33.0 Å². The zero-order chi connectivity index (χ0) is 20.1. The Morgan fingerprint density at radius 2 is 1.26 bits per heavy atom. The molecule has 0 aliphatic heterocycles. The van der Waals surface area contributed by atoms with Crippen molar-refractivity contribution in [3.63, 3.8) is 0 Å². The van der Waals surface area contributed by atoms with Crippen LogP contribution in [-0.4, -0.2) is 14.6 Å². The van der Waals surface area contributed by atoms with Crippen LogP contribution in [0.15, 0.2) is 91.0 Å². The molecule has 0 aliphatic carbocycles. The largest absolute Gasteiger partial charge is 0.244 e. The van der Waals surface area contributed by atoms with Crippen LogP contribution in [0.25, 0.3) is 70.7 Å². The normalized spacial score (nSPS) is 12.5. The maximum Gasteiger partial charge on any atom is 0.102 e. The van der Waals surface area contributed by atoms with Crippen LogP contribution in [0.3, 0.4) is 0 Å². The number of aromatic nitrogens is 3. The second kappa shape index (κ2) is 5.27. The molecule has 0 radical (unpaired) electrons. The first-order chi connectivity index (χ1) is 15.3. The highest BCUT2D eigenvalue weighted by Gasteiger charge is 2.18. The first-order valence-electron chi connectivity index (χ1n) is 10.5. The van der Waals surface area contributed by atoms with E-state index in [1.165, 1.54) is 37.7 Å². The molecule has 0 bridgehead atoms. The van der Waals surface area contributed by atoms with E-state index in [-0.39, 0.29) is 0 Å². The Bertz CT molecular complexity index is 2000. The summed E-state index contributed by atoms with van der Waals surface area (Å²) < 4.78 is 2.11. The minimum absolute atomic E-state index is 0.985. The Balaban J connectivity index is 1.64. The van der Waals surface area contributed by atoms with E-state index in [0.29, 0.717) is 0 Å². The summed E-state index contributed by atoms with van der Waals surface area (Å²) in [5.74, 6) is 0. The van der Waals surface area contributed by atoms with E-state index < -0.39 is 0 Å². The maximum absolute atomic E-state index is 5.16. The van der Waals surface area contributed by atoms with Gasteiger partial charge in [0.2, 0.25) is 0 Å². The Morgan fingerprint density at radius 1 is 0.548 bits per heavy atom. The standard InChI is InChI=1S/C28H15N3/c1-2-6-17-15-22-19(13-16(17)5-1)10-12-24-26(22)29-23-11-9-20-14-18-7-3-4-8-21(18)27-25(20)28(23)31(24)30-27/h1-15H. The molecule has 2 aromatic heterocycles. The summed E-state index contributed by atoms with van der Waals surface area (Å²) in [7, 11) is 0. The first kappa shape index (κ1) is 15.6. The third-order valence-electron chi connectivity index (χ3n) is 6.66. The molecule has 3 nitrogen and oxygen atoms in total. The van der Waals surface area contributed by atoms with Gasteiger partial charge in [-0.1, -0.05) is 60.7 Å². The van der Waals surface area contributed by atoms with Gasteiger partial charge >= 0.3 is 0 Å². The molecule has 0 atom stereocenters. The molecule has 6 aromatic carbocycles. The van der Waals surface area contributed by atoms with Crippen LogP contribution in [0.5, 0.6) is 0 Å². The van der Waals surface area contributed by atoms with Crippen molar-refractivity contribution < 1.29 is 0 Å². The van der Waals surface area contributed by atoms with Crippen molar-refractivity contribution in [3.8, 4) is 0 Å². The van der Waals surface area contributed by atoms with Crippen LogP contribution in [0.4, 0.5) is 0 Å². The lowest BCUT2D eigenvalue weighted by Gasteiger charge is -2.09. The van der Waals surface area contributed by atoms with E-state index in [1.807, 2.05) is 0 Å². The third-order valence-corrected chi connectivity index (χ3v) is 6.66. The van der Waals surface area contributed by atoms with Gasteiger partial charge in [-0.15, -0.1) is 0 Å². The van der Waals surface area contributed by atoms with Crippen LogP contribution in [0.2, 0.25) is 0 Å². The van der Waals surface area contributed by atoms with Crippen LogP contribution in [-0.2, 0) is 0 Å². The zero-order valence-corrected chi connectivity index (χ0v) is 16.5. The number of rotatable bonds is 0. The molecule has 8 rings (SSSR count). The van der Waals surface area contributed by atoms with Crippen molar-refractivity contribution in [2.75, 3.05) is 0 Å². The van der Waals surface area contributed by atoms with Crippen molar-refractivity contribution >= 4 is 70.7 Å². The molecule has 2 heterocycles. The number of hydrogen-bond donors (Lipinski definition) is 0. The summed E-state index contributed by atoms with van der Waals surface area (Å²) in [5.41, 5.74) is 5.18. The second-order valence-electron chi connectivity index (χ2n) is 8.36. The van der Waals surface area contributed by atoms with E-state index in [1.54, 1.807) is 0 Å². The quantitative estimate of drug-likeness (QED) is 0.203. The molecule has 0 amide bonds. The van der Waals surface area contributed by atoms with Crippen molar-refractivity contribution in [3.05, 3.63) is 91.0 Å². The SMILES string of the molecule is c1ccc2cc3c(ccc4c3nc3ccc5cc6ccccc6c6nn4c3c56)cc2c1. The summed E-state index contributed by atoms with van der Waals surface area (Å²) in [6.07, 6.45) is 0. The fraction of sp³-hybridized carbons (Fsp3) is 0. The van der Waals surface area contributed by atoms with Gasteiger partial charge in [-0.2, -0.15) is 5.10 Å².